The Labute approximate surface area is 128 Å². The van der Waals surface area contributed by atoms with Crippen LogP contribution in [-0.4, -0.2) is 22.0 Å². The lowest BCUT2D eigenvalue weighted by Crippen LogP contribution is -2.17. The normalized spacial score (nSPS) is 14.7. The second-order valence-electron chi connectivity index (χ2n) is 5.30. The molecule has 0 radical (unpaired) electrons. The summed E-state index contributed by atoms with van der Waals surface area (Å²) in [5.41, 5.74) is 6.41. The summed E-state index contributed by atoms with van der Waals surface area (Å²) in [6.45, 7) is 0. The number of nitrogens with zero attached hydrogens (tertiary/aromatic N) is 2. The van der Waals surface area contributed by atoms with Crippen molar-refractivity contribution in [3.63, 3.8) is 0 Å². The van der Waals surface area contributed by atoms with Crippen molar-refractivity contribution in [3.8, 4) is 5.75 Å². The molecule has 0 bridgehead atoms. The quantitative estimate of drug-likeness (QED) is 0.905. The third kappa shape index (κ3) is 3.33. The van der Waals surface area contributed by atoms with Gasteiger partial charge >= 0.3 is 0 Å². The number of ether oxygens (including phenoxy) is 1. The molecule has 1 amide bonds. The zero-order valence-corrected chi connectivity index (χ0v) is 12.2. The Hall–Kier alpha value is -2.63. The number of nitrogens with one attached hydrogen (secondary N) is 1. The first kappa shape index (κ1) is 14.3. The largest absolute Gasteiger partial charge is 0.490 e. The van der Waals surface area contributed by atoms with E-state index >= 15 is 0 Å². The third-order valence-electron chi connectivity index (χ3n) is 3.64. The summed E-state index contributed by atoms with van der Waals surface area (Å²) in [7, 11) is 0. The van der Waals surface area contributed by atoms with Crippen molar-refractivity contribution in [1.82, 2.24) is 9.97 Å². The fourth-order valence-corrected chi connectivity index (χ4v) is 2.56. The van der Waals surface area contributed by atoms with Crippen LogP contribution in [0, 0.1) is 0 Å². The van der Waals surface area contributed by atoms with E-state index in [4.69, 9.17) is 10.5 Å². The van der Waals surface area contributed by atoms with Crippen LogP contribution in [0.5, 0.6) is 5.75 Å². The maximum atomic E-state index is 12.2. The highest BCUT2D eigenvalue weighted by molar-refractivity contribution is 6.05. The molecule has 0 saturated heterocycles. The highest BCUT2D eigenvalue weighted by atomic mass is 16.5. The average molecular weight is 298 g/mol. The van der Waals surface area contributed by atoms with Gasteiger partial charge in [0, 0.05) is 24.1 Å². The number of anilines is 2. The summed E-state index contributed by atoms with van der Waals surface area (Å²) in [5, 5.41) is 2.76. The molecule has 1 aliphatic carbocycles. The van der Waals surface area contributed by atoms with Crippen LogP contribution < -0.4 is 15.8 Å². The number of carbonyl (C=O) groups is 1. The molecule has 6 heteroatoms. The van der Waals surface area contributed by atoms with E-state index < -0.39 is 0 Å². The summed E-state index contributed by atoms with van der Waals surface area (Å²) in [6, 6.07) is 7.35. The van der Waals surface area contributed by atoms with Crippen molar-refractivity contribution in [1.29, 1.82) is 0 Å². The highest BCUT2D eigenvalue weighted by Gasteiger charge is 2.17. The summed E-state index contributed by atoms with van der Waals surface area (Å²) >= 11 is 0. The van der Waals surface area contributed by atoms with Crippen LogP contribution in [0.25, 0.3) is 0 Å². The van der Waals surface area contributed by atoms with Crippen LogP contribution in [0.4, 0.5) is 11.5 Å². The van der Waals surface area contributed by atoms with Crippen molar-refractivity contribution in [3.05, 3.63) is 42.4 Å². The summed E-state index contributed by atoms with van der Waals surface area (Å²) < 4.78 is 5.92. The minimum atomic E-state index is -0.386. The van der Waals surface area contributed by atoms with Gasteiger partial charge in [-0.2, -0.15) is 0 Å². The van der Waals surface area contributed by atoms with Gasteiger partial charge in [-0.1, -0.05) is 6.07 Å². The van der Waals surface area contributed by atoms with Gasteiger partial charge in [-0.05, 0) is 37.8 Å². The van der Waals surface area contributed by atoms with Gasteiger partial charge in [0.25, 0.3) is 5.91 Å². The van der Waals surface area contributed by atoms with Crippen molar-refractivity contribution in [2.45, 2.75) is 31.8 Å². The standard InChI is InChI=1S/C16H18N4O2/c17-15-14(18-8-9-19-15)16(21)20-11-4-3-7-13(10-11)22-12-5-1-2-6-12/h3-4,7-10,12H,1-2,5-6H2,(H2,17,19)(H,20,21). The summed E-state index contributed by atoms with van der Waals surface area (Å²) in [6.07, 6.45) is 7.77. The van der Waals surface area contributed by atoms with Crippen molar-refractivity contribution in [2.24, 2.45) is 0 Å². The summed E-state index contributed by atoms with van der Waals surface area (Å²) in [4.78, 5) is 20.0. The molecule has 1 saturated carbocycles. The molecule has 1 fully saturated rings. The van der Waals surface area contributed by atoms with Gasteiger partial charge in [0.2, 0.25) is 0 Å². The Bertz CT molecular complexity index is 669. The van der Waals surface area contributed by atoms with Crippen molar-refractivity contribution in [2.75, 3.05) is 11.1 Å². The molecule has 1 aromatic carbocycles. The monoisotopic (exact) mass is 298 g/mol. The fraction of sp³-hybridized carbons (Fsp3) is 0.312. The zero-order chi connectivity index (χ0) is 15.4. The average Bonchev–Trinajstić information content (AvgIpc) is 3.01. The number of nitrogen functional groups attached to an aromatic ring is 1. The van der Waals surface area contributed by atoms with Crippen molar-refractivity contribution >= 4 is 17.4 Å². The highest BCUT2D eigenvalue weighted by Crippen LogP contribution is 2.26. The van der Waals surface area contributed by atoms with Gasteiger partial charge in [0.15, 0.2) is 11.5 Å². The molecule has 0 spiro atoms. The Morgan fingerprint density at radius 1 is 1.23 bits per heavy atom. The maximum Gasteiger partial charge on any atom is 0.278 e. The molecule has 2 aromatic rings. The third-order valence-corrected chi connectivity index (χ3v) is 3.64. The summed E-state index contributed by atoms with van der Waals surface area (Å²) in [5.74, 6) is 0.485. The Balaban J connectivity index is 1.69. The minimum absolute atomic E-state index is 0.110. The molecule has 0 aliphatic heterocycles. The number of nitrogens with two attached hydrogens (primary N) is 1. The number of benzene rings is 1. The molecule has 3 N–H and O–H groups in total. The number of rotatable bonds is 4. The van der Waals surface area contributed by atoms with E-state index in [0.29, 0.717) is 5.69 Å². The van der Waals surface area contributed by atoms with E-state index in [2.05, 4.69) is 15.3 Å². The number of hydrogen-bond donors (Lipinski definition) is 2. The molecule has 22 heavy (non-hydrogen) atoms. The molecule has 1 aliphatic rings. The first-order chi connectivity index (χ1) is 10.7. The van der Waals surface area contributed by atoms with Gasteiger partial charge in [-0.3, -0.25) is 4.79 Å². The molecule has 114 valence electrons. The van der Waals surface area contributed by atoms with E-state index in [1.54, 1.807) is 6.07 Å². The van der Waals surface area contributed by atoms with E-state index in [9.17, 15) is 4.79 Å². The predicted molar refractivity (Wildman–Crippen MR) is 83.7 cm³/mol. The van der Waals surface area contributed by atoms with E-state index in [1.807, 2.05) is 18.2 Å². The first-order valence-electron chi connectivity index (χ1n) is 7.37. The van der Waals surface area contributed by atoms with Gasteiger partial charge in [0.1, 0.15) is 5.75 Å². The molecule has 3 rings (SSSR count). The van der Waals surface area contributed by atoms with E-state index in [1.165, 1.54) is 25.2 Å². The van der Waals surface area contributed by atoms with E-state index in [-0.39, 0.29) is 23.5 Å². The van der Waals surface area contributed by atoms with Crippen LogP contribution in [0.3, 0.4) is 0 Å². The first-order valence-corrected chi connectivity index (χ1v) is 7.37. The molecule has 6 nitrogen and oxygen atoms in total. The van der Waals surface area contributed by atoms with Gasteiger partial charge in [0.05, 0.1) is 6.10 Å². The molecule has 0 unspecified atom stereocenters. The number of hydrogen-bond acceptors (Lipinski definition) is 5. The lowest BCUT2D eigenvalue weighted by Gasteiger charge is -2.14. The van der Waals surface area contributed by atoms with Crippen LogP contribution in [0.2, 0.25) is 0 Å². The van der Waals surface area contributed by atoms with Crippen LogP contribution in [0.15, 0.2) is 36.7 Å². The lowest BCUT2D eigenvalue weighted by molar-refractivity contribution is 0.102. The molecular formula is C16H18N4O2. The minimum Gasteiger partial charge on any atom is -0.490 e. The topological polar surface area (TPSA) is 90.1 Å². The van der Waals surface area contributed by atoms with Gasteiger partial charge < -0.3 is 15.8 Å². The second-order valence-corrected chi connectivity index (χ2v) is 5.30. The number of amides is 1. The molecular weight excluding hydrogens is 280 g/mol. The predicted octanol–water partition coefficient (Wildman–Crippen LogP) is 2.63. The van der Waals surface area contributed by atoms with Gasteiger partial charge in [-0.15, -0.1) is 0 Å². The zero-order valence-electron chi connectivity index (χ0n) is 12.2. The second kappa shape index (κ2) is 6.43. The van der Waals surface area contributed by atoms with Gasteiger partial charge in [-0.25, -0.2) is 9.97 Å². The maximum absolute atomic E-state index is 12.2. The number of aromatic nitrogens is 2. The molecule has 0 atom stereocenters. The van der Waals surface area contributed by atoms with Crippen LogP contribution >= 0.6 is 0 Å². The fourth-order valence-electron chi connectivity index (χ4n) is 2.56. The van der Waals surface area contributed by atoms with E-state index in [0.717, 1.165) is 18.6 Å². The SMILES string of the molecule is Nc1nccnc1C(=O)Nc1cccc(OC2CCCC2)c1. The Morgan fingerprint density at radius 3 is 2.77 bits per heavy atom. The smallest absolute Gasteiger partial charge is 0.278 e. The van der Waals surface area contributed by atoms with Crippen LogP contribution in [0.1, 0.15) is 36.2 Å². The Morgan fingerprint density at radius 2 is 2.00 bits per heavy atom. The molecule has 1 heterocycles. The Kier molecular flexibility index (Phi) is 4.18. The lowest BCUT2D eigenvalue weighted by atomic mass is 10.2. The van der Waals surface area contributed by atoms with Crippen LogP contribution in [-0.2, 0) is 0 Å². The molecule has 1 aromatic heterocycles. The van der Waals surface area contributed by atoms with Crippen molar-refractivity contribution < 1.29 is 9.53 Å². The number of carbonyl (C=O) groups excluding carboxylic acids is 1.